The van der Waals surface area contributed by atoms with Gasteiger partial charge in [0.25, 0.3) is 0 Å². The van der Waals surface area contributed by atoms with Gasteiger partial charge in [-0.3, -0.25) is 9.59 Å². The Morgan fingerprint density at radius 3 is 1.41 bits per heavy atom. The minimum Gasteiger partial charge on any atom is -0.378 e. The molecule has 0 saturated heterocycles. The van der Waals surface area contributed by atoms with Crippen LogP contribution in [0.15, 0.2) is 121 Å². The second-order valence-electron chi connectivity index (χ2n) is 9.85. The van der Waals surface area contributed by atoms with Crippen LogP contribution in [0.1, 0.15) is 33.5 Å². The molecule has 0 saturated carbocycles. The van der Waals surface area contributed by atoms with E-state index >= 15 is 0 Å². The van der Waals surface area contributed by atoms with Gasteiger partial charge in [-0.05, 0) is 64.3 Å². The number of allylic oxidation sites excluding steroid dienone is 3. The Hall–Kier alpha value is -4.70. The van der Waals surface area contributed by atoms with Crippen molar-refractivity contribution in [2.75, 3.05) is 38.0 Å². The highest BCUT2D eigenvalue weighted by Gasteiger charge is 2.14. The molecule has 0 N–H and O–H groups in total. The SMILES string of the molecule is CN(C)c1ccc(C(=CC(=O)C/C(=C/C(=O)c2ccccc2)c2ccccc2)c2ccc(N(C)C)cc2)cc1. The van der Waals surface area contributed by atoms with Gasteiger partial charge in [0.1, 0.15) is 0 Å². The average molecular weight is 515 g/mol. The lowest BCUT2D eigenvalue weighted by atomic mass is 9.93. The average Bonchev–Trinajstić information content (AvgIpc) is 2.96. The van der Waals surface area contributed by atoms with Gasteiger partial charge in [0.2, 0.25) is 0 Å². The van der Waals surface area contributed by atoms with Gasteiger partial charge in [-0.1, -0.05) is 84.9 Å². The summed E-state index contributed by atoms with van der Waals surface area (Å²) in [4.78, 5) is 30.7. The summed E-state index contributed by atoms with van der Waals surface area (Å²) >= 11 is 0. The van der Waals surface area contributed by atoms with Gasteiger partial charge in [0.15, 0.2) is 11.6 Å². The molecule has 0 aliphatic heterocycles. The summed E-state index contributed by atoms with van der Waals surface area (Å²) < 4.78 is 0. The van der Waals surface area contributed by atoms with Gasteiger partial charge in [0.05, 0.1) is 0 Å². The number of rotatable bonds is 10. The quantitative estimate of drug-likeness (QED) is 0.166. The summed E-state index contributed by atoms with van der Waals surface area (Å²) in [7, 11) is 8.01. The molecule has 0 radical (unpaired) electrons. The molecule has 4 rings (SSSR count). The van der Waals surface area contributed by atoms with E-state index in [0.717, 1.165) is 33.6 Å². The van der Waals surface area contributed by atoms with E-state index in [-0.39, 0.29) is 18.0 Å². The zero-order valence-corrected chi connectivity index (χ0v) is 23.0. The molecule has 39 heavy (non-hydrogen) atoms. The molecule has 196 valence electrons. The van der Waals surface area contributed by atoms with Crippen LogP contribution in [0.4, 0.5) is 11.4 Å². The van der Waals surface area contributed by atoms with Crippen LogP contribution in [0.5, 0.6) is 0 Å². The van der Waals surface area contributed by atoms with Crippen molar-refractivity contribution in [2.24, 2.45) is 0 Å². The fraction of sp³-hybridized carbons (Fsp3) is 0.143. The number of carbonyl (C=O) groups excluding carboxylic acids is 2. The van der Waals surface area contributed by atoms with Crippen LogP contribution in [0.3, 0.4) is 0 Å². The molecule has 4 aromatic carbocycles. The Labute approximate surface area is 231 Å². The molecule has 0 unspecified atom stereocenters. The van der Waals surface area contributed by atoms with E-state index in [1.807, 2.05) is 111 Å². The van der Waals surface area contributed by atoms with Crippen LogP contribution < -0.4 is 9.80 Å². The molecule has 0 atom stereocenters. The lowest BCUT2D eigenvalue weighted by Crippen LogP contribution is -2.08. The highest BCUT2D eigenvalue weighted by Crippen LogP contribution is 2.28. The van der Waals surface area contributed by atoms with Gasteiger partial charge >= 0.3 is 0 Å². The van der Waals surface area contributed by atoms with Crippen LogP contribution in [-0.2, 0) is 4.79 Å². The van der Waals surface area contributed by atoms with Crippen molar-refractivity contribution in [2.45, 2.75) is 6.42 Å². The molecule has 0 bridgehead atoms. The van der Waals surface area contributed by atoms with Crippen molar-refractivity contribution in [1.29, 1.82) is 0 Å². The first kappa shape index (κ1) is 27.3. The Bertz CT molecular complexity index is 1410. The predicted molar refractivity (Wildman–Crippen MR) is 163 cm³/mol. The molecule has 4 heteroatoms. The number of benzene rings is 4. The third-order valence-electron chi connectivity index (χ3n) is 6.57. The summed E-state index contributed by atoms with van der Waals surface area (Å²) in [5.74, 6) is -0.195. The molecule has 0 aliphatic rings. The minimum absolute atomic E-state index is 0.0747. The van der Waals surface area contributed by atoms with Crippen molar-refractivity contribution < 1.29 is 9.59 Å². The summed E-state index contributed by atoms with van der Waals surface area (Å²) in [5.41, 5.74) is 7.07. The Morgan fingerprint density at radius 2 is 0.974 bits per heavy atom. The van der Waals surface area contributed by atoms with Gasteiger partial charge in [0, 0.05) is 51.5 Å². The summed E-state index contributed by atoms with van der Waals surface area (Å²) in [5, 5.41) is 0. The van der Waals surface area contributed by atoms with Gasteiger partial charge in [-0.2, -0.15) is 0 Å². The van der Waals surface area contributed by atoms with Gasteiger partial charge in [-0.25, -0.2) is 0 Å². The maximum absolute atomic E-state index is 13.6. The Kier molecular flexibility index (Phi) is 8.90. The smallest absolute Gasteiger partial charge is 0.186 e. The van der Waals surface area contributed by atoms with Crippen molar-refractivity contribution >= 4 is 34.1 Å². The normalized spacial score (nSPS) is 11.0. The maximum Gasteiger partial charge on any atom is 0.186 e. The fourth-order valence-electron chi connectivity index (χ4n) is 4.34. The fourth-order valence-corrected chi connectivity index (χ4v) is 4.34. The van der Waals surface area contributed by atoms with Gasteiger partial charge < -0.3 is 9.80 Å². The van der Waals surface area contributed by atoms with Crippen LogP contribution in [0.25, 0.3) is 11.1 Å². The lowest BCUT2D eigenvalue weighted by Gasteiger charge is -2.16. The Balaban J connectivity index is 1.72. The standard InChI is InChI=1S/C35H34N2O2/c1-36(2)31-19-15-27(16-20-31)34(28-17-21-32(22-18-28)37(3)4)25-33(38)23-30(26-11-7-5-8-12-26)24-35(39)29-13-9-6-10-14-29/h5-22,24-25H,23H2,1-4H3/b30-24-. The van der Waals surface area contributed by atoms with E-state index in [4.69, 9.17) is 0 Å². The first-order chi connectivity index (χ1) is 18.8. The predicted octanol–water partition coefficient (Wildman–Crippen LogP) is 7.18. The van der Waals surface area contributed by atoms with E-state index in [1.54, 1.807) is 24.3 Å². The molecule has 0 aliphatic carbocycles. The number of ketones is 2. The second-order valence-corrected chi connectivity index (χ2v) is 9.85. The second kappa shape index (κ2) is 12.7. The molecular formula is C35H34N2O2. The molecule has 0 aromatic heterocycles. The van der Waals surface area contributed by atoms with Crippen molar-refractivity contribution in [3.8, 4) is 0 Å². The lowest BCUT2D eigenvalue weighted by molar-refractivity contribution is -0.113. The Morgan fingerprint density at radius 1 is 0.538 bits per heavy atom. The monoisotopic (exact) mass is 514 g/mol. The highest BCUT2D eigenvalue weighted by molar-refractivity contribution is 6.12. The largest absolute Gasteiger partial charge is 0.378 e. The first-order valence-corrected chi connectivity index (χ1v) is 13.0. The third kappa shape index (κ3) is 7.20. The van der Waals surface area contributed by atoms with Crippen LogP contribution >= 0.6 is 0 Å². The molecular weight excluding hydrogens is 480 g/mol. The zero-order chi connectivity index (χ0) is 27.8. The number of hydrogen-bond donors (Lipinski definition) is 0. The topological polar surface area (TPSA) is 40.6 Å². The molecule has 0 fully saturated rings. The first-order valence-electron chi connectivity index (χ1n) is 13.0. The molecule has 4 aromatic rings. The van der Waals surface area contributed by atoms with Crippen molar-refractivity contribution in [1.82, 2.24) is 0 Å². The van der Waals surface area contributed by atoms with E-state index in [9.17, 15) is 9.59 Å². The summed E-state index contributed by atoms with van der Waals surface area (Å²) in [6.45, 7) is 0. The molecule has 0 spiro atoms. The minimum atomic E-state index is -0.120. The van der Waals surface area contributed by atoms with Crippen LogP contribution in [0.2, 0.25) is 0 Å². The highest BCUT2D eigenvalue weighted by atomic mass is 16.1. The number of hydrogen-bond acceptors (Lipinski definition) is 4. The maximum atomic E-state index is 13.6. The third-order valence-corrected chi connectivity index (χ3v) is 6.57. The summed E-state index contributed by atoms with van der Waals surface area (Å²) in [6, 6.07) is 35.1. The van der Waals surface area contributed by atoms with E-state index < -0.39 is 0 Å². The molecule has 4 nitrogen and oxygen atoms in total. The van der Waals surface area contributed by atoms with Crippen LogP contribution in [-0.4, -0.2) is 39.8 Å². The number of carbonyl (C=O) groups is 2. The number of nitrogens with zero attached hydrogens (tertiary/aromatic N) is 2. The number of anilines is 2. The van der Waals surface area contributed by atoms with Gasteiger partial charge in [-0.15, -0.1) is 0 Å². The van der Waals surface area contributed by atoms with E-state index in [2.05, 4.69) is 24.3 Å². The molecule has 0 heterocycles. The van der Waals surface area contributed by atoms with Crippen molar-refractivity contribution in [3.63, 3.8) is 0 Å². The summed E-state index contributed by atoms with van der Waals surface area (Å²) in [6.07, 6.45) is 3.41. The van der Waals surface area contributed by atoms with Crippen LogP contribution in [0, 0.1) is 0 Å². The van der Waals surface area contributed by atoms with E-state index in [0.29, 0.717) is 11.1 Å². The zero-order valence-electron chi connectivity index (χ0n) is 23.0. The molecule has 0 amide bonds. The van der Waals surface area contributed by atoms with Crippen molar-refractivity contribution in [3.05, 3.63) is 144 Å². The van der Waals surface area contributed by atoms with E-state index in [1.165, 1.54) is 0 Å².